The molecule has 0 aromatic heterocycles. The van der Waals surface area contributed by atoms with Gasteiger partial charge < -0.3 is 31.3 Å². The first-order valence-corrected chi connectivity index (χ1v) is 19.1. The van der Waals surface area contributed by atoms with Crippen LogP contribution in [0, 0.1) is 33.5 Å². The number of morpholine rings is 1. The summed E-state index contributed by atoms with van der Waals surface area (Å²) in [6.45, 7) is 21.2. The second-order valence-corrected chi connectivity index (χ2v) is 18.4. The zero-order chi connectivity index (χ0) is 37.0. The molecule has 3 aliphatic carbocycles. The van der Waals surface area contributed by atoms with E-state index in [4.69, 9.17) is 10.5 Å². The molecule has 12 nitrogen and oxygen atoms in total. The van der Waals surface area contributed by atoms with Crippen LogP contribution in [0.25, 0.3) is 0 Å². The first-order valence-electron chi connectivity index (χ1n) is 19.1. The van der Waals surface area contributed by atoms with Gasteiger partial charge in [-0.05, 0) is 67.6 Å². The van der Waals surface area contributed by atoms with E-state index in [2.05, 4.69) is 62.4 Å². The predicted octanol–water partition coefficient (Wildman–Crippen LogP) is 3.36. The highest BCUT2D eigenvalue weighted by molar-refractivity contribution is 6.37. The van der Waals surface area contributed by atoms with E-state index in [-0.39, 0.29) is 52.2 Å². The number of rotatable bonds is 12. The third-order valence-electron chi connectivity index (χ3n) is 13.5. The molecule has 5 rings (SSSR count). The minimum Gasteiger partial charge on any atom is -0.373 e. The lowest BCUT2D eigenvalue weighted by molar-refractivity contribution is -0.143. The van der Waals surface area contributed by atoms with Crippen molar-refractivity contribution in [2.75, 3.05) is 26.2 Å². The number of carbonyl (C=O) groups excluding carboxylic acids is 5. The maximum Gasteiger partial charge on any atom is 0.315 e. The second kappa shape index (κ2) is 14.0. The lowest BCUT2D eigenvalue weighted by Gasteiger charge is -2.39. The monoisotopic (exact) mass is 700 g/mol. The molecule has 3 saturated carbocycles. The molecule has 2 spiro atoms. The summed E-state index contributed by atoms with van der Waals surface area (Å²) in [6.07, 6.45) is 7.23. The molecule has 50 heavy (non-hydrogen) atoms. The quantitative estimate of drug-likeness (QED) is 0.227. The van der Waals surface area contributed by atoms with E-state index >= 15 is 0 Å². The standard InChI is InChI=1S/C38H64N6O6/c1-22(2)27(20-43-18-23(3)50-24(4)19-43)41-34(49)42-30(35(5,6)7)33(48)44-21-38(36(8,9)37(38)14-11-15-37)17-28(44)32(47)40-26(29(45)31(39)46)16-25-12-10-13-25/h22-28,30H,10-21H2,1-9H3,(H2,39,46)(H,40,47)(H2,41,42,49)/t23-,24+,26?,27-,28?,30-,38?/m1/s1. The Labute approximate surface area is 299 Å². The number of carbonyl (C=O) groups is 5. The zero-order valence-corrected chi connectivity index (χ0v) is 32.0. The van der Waals surface area contributed by atoms with E-state index in [1.807, 2.05) is 20.8 Å². The van der Waals surface area contributed by atoms with Crippen LogP contribution in [-0.4, -0.2) is 102 Å². The fourth-order valence-corrected chi connectivity index (χ4v) is 10.1. The molecule has 5 aliphatic rings. The van der Waals surface area contributed by atoms with Crippen LogP contribution in [0.4, 0.5) is 4.79 Å². The molecule has 7 atom stereocenters. The molecule has 2 aliphatic heterocycles. The average molecular weight is 701 g/mol. The number of amides is 5. The SMILES string of the molecule is CC(C)[C@@H](CN1C[C@@H](C)O[C@@H](C)C1)NC(=O)N[C@H](C(=O)N1CC2(CC1C(=O)NC(CC1CCC1)C(=O)C(N)=O)C(C)(C)C21CCC1)C(C)(C)C. The number of nitrogens with two attached hydrogens (primary N) is 1. The molecule has 282 valence electrons. The van der Waals surface area contributed by atoms with Gasteiger partial charge in [-0.1, -0.05) is 74.1 Å². The van der Waals surface area contributed by atoms with E-state index in [9.17, 15) is 24.0 Å². The third kappa shape index (κ3) is 7.04. The summed E-state index contributed by atoms with van der Waals surface area (Å²) in [4.78, 5) is 71.7. The van der Waals surface area contributed by atoms with Gasteiger partial charge in [-0.15, -0.1) is 0 Å². The van der Waals surface area contributed by atoms with Crippen LogP contribution >= 0.6 is 0 Å². The van der Waals surface area contributed by atoms with Gasteiger partial charge in [0, 0.05) is 37.6 Å². The van der Waals surface area contributed by atoms with Crippen molar-refractivity contribution < 1.29 is 28.7 Å². The van der Waals surface area contributed by atoms with Gasteiger partial charge >= 0.3 is 6.03 Å². The molecule has 5 fully saturated rings. The van der Waals surface area contributed by atoms with Crippen LogP contribution in [0.5, 0.6) is 0 Å². The maximum absolute atomic E-state index is 14.8. The van der Waals surface area contributed by atoms with Crippen LogP contribution in [0.1, 0.15) is 114 Å². The van der Waals surface area contributed by atoms with Crippen molar-refractivity contribution in [1.29, 1.82) is 0 Å². The summed E-state index contributed by atoms with van der Waals surface area (Å²) >= 11 is 0. The summed E-state index contributed by atoms with van der Waals surface area (Å²) in [6, 6.07) is -3.35. The molecule has 0 radical (unpaired) electrons. The van der Waals surface area contributed by atoms with Gasteiger partial charge in [-0.25, -0.2) is 4.79 Å². The lowest BCUT2D eigenvalue weighted by atomic mass is 9.73. The van der Waals surface area contributed by atoms with E-state index in [1.54, 1.807) is 4.90 Å². The first-order chi connectivity index (χ1) is 23.2. The molecule has 0 bridgehead atoms. The first kappa shape index (κ1) is 38.5. The Kier molecular flexibility index (Phi) is 10.8. The number of hydrogen-bond acceptors (Lipinski definition) is 7. The average Bonchev–Trinajstić information content (AvgIpc) is 3.18. The van der Waals surface area contributed by atoms with Crippen molar-refractivity contribution in [1.82, 2.24) is 25.8 Å². The van der Waals surface area contributed by atoms with Crippen LogP contribution in [0.2, 0.25) is 0 Å². The molecule has 5 amide bonds. The van der Waals surface area contributed by atoms with Gasteiger partial charge in [-0.3, -0.25) is 24.1 Å². The van der Waals surface area contributed by atoms with Gasteiger partial charge in [0.15, 0.2) is 0 Å². The van der Waals surface area contributed by atoms with Gasteiger partial charge in [-0.2, -0.15) is 0 Å². The van der Waals surface area contributed by atoms with Gasteiger partial charge in [0.25, 0.3) is 5.91 Å². The highest BCUT2D eigenvalue weighted by atomic mass is 16.5. The number of ketones is 1. The Morgan fingerprint density at radius 1 is 0.920 bits per heavy atom. The number of Topliss-reactive ketones (excluding diaryl/α,β-unsaturated/α-hetero) is 1. The number of primary amides is 1. The summed E-state index contributed by atoms with van der Waals surface area (Å²) < 4.78 is 5.90. The zero-order valence-electron chi connectivity index (χ0n) is 32.0. The van der Waals surface area contributed by atoms with Crippen LogP contribution in [-0.2, 0) is 23.9 Å². The molecule has 12 heteroatoms. The number of urea groups is 1. The molecule has 5 N–H and O–H groups in total. The minimum atomic E-state index is -1.07. The molecule has 3 unspecified atom stereocenters. The highest BCUT2D eigenvalue weighted by Gasteiger charge is 2.85. The van der Waals surface area contributed by atoms with Crippen LogP contribution in [0.3, 0.4) is 0 Å². The van der Waals surface area contributed by atoms with Crippen molar-refractivity contribution in [3.8, 4) is 0 Å². The molecular weight excluding hydrogens is 636 g/mol. The number of nitrogens with one attached hydrogen (secondary N) is 3. The van der Waals surface area contributed by atoms with E-state index in [1.165, 1.54) is 0 Å². The number of ether oxygens (including phenoxy) is 1. The molecule has 2 saturated heterocycles. The Balaban J connectivity index is 1.36. The normalized spacial score (nSPS) is 30.6. The van der Waals surface area contributed by atoms with Gasteiger partial charge in [0.2, 0.25) is 17.6 Å². The summed E-state index contributed by atoms with van der Waals surface area (Å²) in [7, 11) is 0. The highest BCUT2D eigenvalue weighted by Crippen LogP contribution is 2.88. The number of nitrogens with zero attached hydrogens (tertiary/aromatic N) is 2. The predicted molar refractivity (Wildman–Crippen MR) is 191 cm³/mol. The molecule has 0 aromatic carbocycles. The van der Waals surface area contributed by atoms with E-state index < -0.39 is 47.2 Å². The molecule has 2 heterocycles. The Bertz CT molecular complexity index is 1330. The van der Waals surface area contributed by atoms with Crippen molar-refractivity contribution in [2.24, 2.45) is 39.2 Å². The Hall–Kier alpha value is -2.73. The smallest absolute Gasteiger partial charge is 0.315 e. The van der Waals surface area contributed by atoms with E-state index in [0.717, 1.165) is 51.6 Å². The van der Waals surface area contributed by atoms with Crippen LogP contribution in [0.15, 0.2) is 0 Å². The number of hydrogen-bond donors (Lipinski definition) is 4. The minimum absolute atomic E-state index is 0.0585. The summed E-state index contributed by atoms with van der Waals surface area (Å²) in [5.41, 5.74) is 4.50. The van der Waals surface area contributed by atoms with E-state index in [0.29, 0.717) is 25.9 Å². The number of likely N-dealkylation sites (tertiary alicyclic amines) is 1. The van der Waals surface area contributed by atoms with Crippen molar-refractivity contribution in [2.45, 2.75) is 150 Å². The maximum atomic E-state index is 14.8. The van der Waals surface area contributed by atoms with Crippen molar-refractivity contribution in [3.63, 3.8) is 0 Å². The largest absolute Gasteiger partial charge is 0.373 e. The topological polar surface area (TPSA) is 163 Å². The Morgan fingerprint density at radius 2 is 1.54 bits per heavy atom. The van der Waals surface area contributed by atoms with Gasteiger partial charge in [0.05, 0.1) is 18.2 Å². The number of fused-ring (bicyclic) bond motifs is 1. The van der Waals surface area contributed by atoms with Gasteiger partial charge in [0.1, 0.15) is 12.1 Å². The molecule has 0 aromatic rings. The van der Waals surface area contributed by atoms with Crippen LogP contribution < -0.4 is 21.7 Å². The summed E-state index contributed by atoms with van der Waals surface area (Å²) in [5.74, 6) is -2.22. The second-order valence-electron chi connectivity index (χ2n) is 18.4. The Morgan fingerprint density at radius 3 is 2.00 bits per heavy atom. The molecular formula is C38H64N6O6. The summed E-state index contributed by atoms with van der Waals surface area (Å²) in [5, 5.41) is 9.08. The fraction of sp³-hybridized carbons (Fsp3) is 0.868. The van der Waals surface area contributed by atoms with Crippen molar-refractivity contribution in [3.05, 3.63) is 0 Å². The van der Waals surface area contributed by atoms with Crippen molar-refractivity contribution >= 4 is 29.5 Å². The lowest BCUT2D eigenvalue weighted by Crippen LogP contribution is -2.61. The third-order valence-corrected chi connectivity index (χ3v) is 13.5. The fourth-order valence-electron chi connectivity index (χ4n) is 10.1.